The normalized spacial score (nSPS) is 27.7. The van der Waals surface area contributed by atoms with Crippen LogP contribution in [-0.2, 0) is 0 Å². The van der Waals surface area contributed by atoms with E-state index >= 15 is 0 Å². The Bertz CT molecular complexity index is 184. The van der Waals surface area contributed by atoms with E-state index in [1.807, 2.05) is 0 Å². The zero-order chi connectivity index (χ0) is 9.19. The van der Waals surface area contributed by atoms with Gasteiger partial charge in [0.1, 0.15) is 0 Å². The summed E-state index contributed by atoms with van der Waals surface area (Å²) in [6, 6.07) is 0. The molecule has 0 heterocycles. The zero-order valence-corrected chi connectivity index (χ0v) is 8.28. The molecule has 0 atom stereocenters. The number of allylic oxidation sites excluding steroid dienone is 6. The molecule has 0 spiro atoms. The van der Waals surface area contributed by atoms with Gasteiger partial charge in [-0.2, -0.15) is 0 Å². The van der Waals surface area contributed by atoms with E-state index in [0.717, 1.165) is 6.42 Å². The Labute approximate surface area is 82.0 Å². The van der Waals surface area contributed by atoms with Crippen molar-refractivity contribution in [2.45, 2.75) is 38.5 Å². The lowest BCUT2D eigenvalue weighted by Gasteiger charge is -1.95. The molecule has 1 rings (SSSR count). The number of hydrogen-bond donors (Lipinski definition) is 0. The van der Waals surface area contributed by atoms with Crippen LogP contribution in [0.15, 0.2) is 36.5 Å². The lowest BCUT2D eigenvalue weighted by atomic mass is 10.1. The van der Waals surface area contributed by atoms with Gasteiger partial charge in [0.25, 0.3) is 0 Å². The minimum absolute atomic E-state index is 1.07. The van der Waals surface area contributed by atoms with Gasteiger partial charge in [0.05, 0.1) is 0 Å². The first-order valence-electron chi connectivity index (χ1n) is 5.28. The second-order valence-corrected chi connectivity index (χ2v) is 3.36. The molecule has 0 N–H and O–H groups in total. The predicted octanol–water partition coefficient (Wildman–Crippen LogP) is 4.21. The first kappa shape index (κ1) is 10.3. The smallest absolute Gasteiger partial charge is 0.0166 e. The largest absolute Gasteiger partial charge is 0.0882 e. The van der Waals surface area contributed by atoms with Crippen LogP contribution in [0.2, 0.25) is 0 Å². The van der Waals surface area contributed by atoms with E-state index in [0.29, 0.717) is 0 Å². The topological polar surface area (TPSA) is 0 Å². The molecule has 1 aliphatic carbocycles. The van der Waals surface area contributed by atoms with Crippen LogP contribution in [0.1, 0.15) is 38.5 Å². The maximum Gasteiger partial charge on any atom is -0.0166 e. The lowest BCUT2D eigenvalue weighted by molar-refractivity contribution is 0.779. The van der Waals surface area contributed by atoms with Crippen LogP contribution in [-0.4, -0.2) is 0 Å². The maximum absolute atomic E-state index is 2.41. The van der Waals surface area contributed by atoms with Gasteiger partial charge in [-0.3, -0.25) is 0 Å². The molecular formula is C13H19. The minimum atomic E-state index is 1.07. The van der Waals surface area contributed by atoms with E-state index < -0.39 is 0 Å². The highest BCUT2D eigenvalue weighted by molar-refractivity contribution is 5.05. The van der Waals surface area contributed by atoms with E-state index in [2.05, 4.69) is 42.9 Å². The maximum atomic E-state index is 2.41. The molecule has 0 saturated heterocycles. The van der Waals surface area contributed by atoms with Crippen LogP contribution in [0.25, 0.3) is 0 Å². The SMILES string of the molecule is [CH]1CC/C=C/C/C=C/C=C\CCC1. The summed E-state index contributed by atoms with van der Waals surface area (Å²) in [5.74, 6) is 0. The van der Waals surface area contributed by atoms with Crippen molar-refractivity contribution in [3.05, 3.63) is 42.9 Å². The van der Waals surface area contributed by atoms with Crippen molar-refractivity contribution in [1.29, 1.82) is 0 Å². The van der Waals surface area contributed by atoms with Crippen LogP contribution >= 0.6 is 0 Å². The van der Waals surface area contributed by atoms with E-state index in [1.54, 1.807) is 0 Å². The Kier molecular flexibility index (Phi) is 6.22. The summed E-state index contributed by atoms with van der Waals surface area (Å²) in [5, 5.41) is 0. The highest BCUT2D eigenvalue weighted by Crippen LogP contribution is 2.06. The molecule has 0 nitrogen and oxygen atoms in total. The quantitative estimate of drug-likeness (QED) is 0.484. The van der Waals surface area contributed by atoms with Crippen molar-refractivity contribution in [3.8, 4) is 0 Å². The molecule has 0 aromatic carbocycles. The van der Waals surface area contributed by atoms with Crippen molar-refractivity contribution < 1.29 is 0 Å². The monoisotopic (exact) mass is 175 g/mol. The third-order valence-corrected chi connectivity index (χ3v) is 2.14. The Morgan fingerprint density at radius 2 is 1.54 bits per heavy atom. The van der Waals surface area contributed by atoms with Gasteiger partial charge in [0, 0.05) is 0 Å². The van der Waals surface area contributed by atoms with Crippen molar-refractivity contribution in [1.82, 2.24) is 0 Å². The summed E-state index contributed by atoms with van der Waals surface area (Å²) in [4.78, 5) is 0. The van der Waals surface area contributed by atoms with Crippen molar-refractivity contribution in [3.63, 3.8) is 0 Å². The van der Waals surface area contributed by atoms with Crippen LogP contribution in [0, 0.1) is 6.42 Å². The Balaban J connectivity index is 2.29. The zero-order valence-electron chi connectivity index (χ0n) is 8.28. The molecule has 0 aliphatic heterocycles. The number of rotatable bonds is 0. The molecule has 0 fully saturated rings. The van der Waals surface area contributed by atoms with Crippen LogP contribution < -0.4 is 0 Å². The summed E-state index contributed by atoms with van der Waals surface area (Å²) in [6.07, 6.45) is 23.0. The number of hydrogen-bond acceptors (Lipinski definition) is 0. The molecule has 0 aromatic rings. The molecule has 0 heteroatoms. The third-order valence-electron chi connectivity index (χ3n) is 2.14. The molecule has 0 amide bonds. The van der Waals surface area contributed by atoms with E-state index in [4.69, 9.17) is 0 Å². The molecule has 0 bridgehead atoms. The molecular weight excluding hydrogens is 156 g/mol. The summed E-state index contributed by atoms with van der Waals surface area (Å²) in [7, 11) is 0. The lowest BCUT2D eigenvalue weighted by Crippen LogP contribution is -1.77. The van der Waals surface area contributed by atoms with Crippen LogP contribution in [0.4, 0.5) is 0 Å². The van der Waals surface area contributed by atoms with Gasteiger partial charge in [-0.05, 0) is 44.9 Å². The highest BCUT2D eigenvalue weighted by atomic mass is 13.9. The van der Waals surface area contributed by atoms with Crippen molar-refractivity contribution in [2.24, 2.45) is 0 Å². The second kappa shape index (κ2) is 7.85. The minimum Gasteiger partial charge on any atom is -0.0882 e. The summed E-state index contributed by atoms with van der Waals surface area (Å²) >= 11 is 0. The Morgan fingerprint density at radius 1 is 0.615 bits per heavy atom. The fourth-order valence-corrected chi connectivity index (χ4v) is 1.36. The van der Waals surface area contributed by atoms with Gasteiger partial charge in [-0.25, -0.2) is 0 Å². The molecule has 1 radical (unpaired) electrons. The Morgan fingerprint density at radius 3 is 2.54 bits per heavy atom. The third kappa shape index (κ3) is 6.39. The fraction of sp³-hybridized carbons (Fsp3) is 0.462. The average Bonchev–Trinajstić information content (AvgIpc) is 2.18. The first-order chi connectivity index (χ1) is 6.50. The predicted molar refractivity (Wildman–Crippen MR) is 59.4 cm³/mol. The summed E-state index contributed by atoms with van der Waals surface area (Å²) in [5.41, 5.74) is 0. The van der Waals surface area contributed by atoms with Crippen LogP contribution in [0.3, 0.4) is 0 Å². The molecule has 0 saturated carbocycles. The standard InChI is InChI=1S/C13H19/c1-2-4-6-8-10-12-13-11-9-7-5-3-1/h1-4,7,9,12H,5-6,8,10-11,13H2/b3-1+,4-2-,9-7+. The van der Waals surface area contributed by atoms with Crippen molar-refractivity contribution in [2.75, 3.05) is 0 Å². The van der Waals surface area contributed by atoms with Crippen LogP contribution in [0.5, 0.6) is 0 Å². The molecule has 13 heavy (non-hydrogen) atoms. The van der Waals surface area contributed by atoms with E-state index in [1.165, 1.54) is 32.1 Å². The van der Waals surface area contributed by atoms with Gasteiger partial charge >= 0.3 is 0 Å². The molecule has 0 unspecified atom stereocenters. The highest BCUT2D eigenvalue weighted by Gasteiger charge is 1.87. The van der Waals surface area contributed by atoms with Crippen molar-refractivity contribution >= 4 is 0 Å². The molecule has 1 aliphatic rings. The summed E-state index contributed by atoms with van der Waals surface area (Å²) < 4.78 is 0. The van der Waals surface area contributed by atoms with Gasteiger partial charge in [-0.15, -0.1) is 0 Å². The average molecular weight is 175 g/mol. The molecule has 71 valence electrons. The van der Waals surface area contributed by atoms with Gasteiger partial charge in [0.15, 0.2) is 0 Å². The Hall–Kier alpha value is -0.780. The van der Waals surface area contributed by atoms with Gasteiger partial charge in [0.2, 0.25) is 0 Å². The van der Waals surface area contributed by atoms with E-state index in [9.17, 15) is 0 Å². The first-order valence-corrected chi connectivity index (χ1v) is 5.28. The second-order valence-electron chi connectivity index (χ2n) is 3.36. The fourth-order valence-electron chi connectivity index (χ4n) is 1.36. The van der Waals surface area contributed by atoms with E-state index in [-0.39, 0.29) is 0 Å². The molecule has 0 aromatic heterocycles. The van der Waals surface area contributed by atoms with Gasteiger partial charge in [-0.1, -0.05) is 36.5 Å². The summed E-state index contributed by atoms with van der Waals surface area (Å²) in [6.45, 7) is 0. The van der Waals surface area contributed by atoms with Gasteiger partial charge < -0.3 is 0 Å².